The van der Waals surface area contributed by atoms with Gasteiger partial charge in [0.1, 0.15) is 0 Å². The van der Waals surface area contributed by atoms with Crippen LogP contribution in [0.1, 0.15) is 18.9 Å². The number of nitrogens with one attached hydrogen (secondary N) is 1. The number of ether oxygens (including phenoxy) is 1. The van der Waals surface area contributed by atoms with Crippen LogP contribution in [0, 0.1) is 0 Å². The largest absolute Gasteiger partial charge is 0.383 e. The summed E-state index contributed by atoms with van der Waals surface area (Å²) < 4.78 is 6.18. The summed E-state index contributed by atoms with van der Waals surface area (Å²) in [5, 5.41) is 3.34. The van der Waals surface area contributed by atoms with Gasteiger partial charge in [-0.2, -0.15) is 0 Å². The van der Waals surface area contributed by atoms with Crippen molar-refractivity contribution in [2.75, 3.05) is 26.0 Å². The lowest BCUT2D eigenvalue weighted by Gasteiger charge is -2.08. The molecule has 0 aliphatic heterocycles. The van der Waals surface area contributed by atoms with E-state index >= 15 is 0 Å². The Morgan fingerprint density at radius 3 is 2.88 bits per heavy atom. The number of halogens is 1. The molecule has 0 bridgehead atoms. The van der Waals surface area contributed by atoms with Gasteiger partial charge < -0.3 is 10.1 Å². The van der Waals surface area contributed by atoms with E-state index in [1.807, 2.05) is 11.8 Å². The Bertz CT molecular complexity index is 333. The Balaban J connectivity index is 2.45. The molecule has 1 N–H and O–H groups in total. The van der Waals surface area contributed by atoms with Crippen LogP contribution in [0.5, 0.6) is 0 Å². The third-order valence-electron chi connectivity index (χ3n) is 2.30. The Morgan fingerprint density at radius 2 is 2.24 bits per heavy atom. The number of rotatable bonds is 8. The molecule has 0 aromatic heterocycles. The number of methoxy groups -OCH3 is 1. The highest BCUT2D eigenvalue weighted by Gasteiger charge is 2.01. The van der Waals surface area contributed by atoms with E-state index in [-0.39, 0.29) is 0 Å². The molecule has 0 aliphatic carbocycles. The predicted molar refractivity (Wildman–Crippen MR) is 78.7 cm³/mol. The van der Waals surface area contributed by atoms with Crippen molar-refractivity contribution in [3.63, 3.8) is 0 Å². The highest BCUT2D eigenvalue weighted by molar-refractivity contribution is 9.10. The van der Waals surface area contributed by atoms with Crippen molar-refractivity contribution in [3.8, 4) is 0 Å². The minimum Gasteiger partial charge on any atom is -0.383 e. The van der Waals surface area contributed by atoms with E-state index in [2.05, 4.69) is 46.4 Å². The molecule has 0 unspecified atom stereocenters. The van der Waals surface area contributed by atoms with E-state index in [0.29, 0.717) is 0 Å². The van der Waals surface area contributed by atoms with Crippen LogP contribution >= 0.6 is 27.7 Å². The summed E-state index contributed by atoms with van der Waals surface area (Å²) in [5.74, 6) is 1.18. The first kappa shape index (κ1) is 15.0. The normalized spacial score (nSPS) is 10.8. The maximum atomic E-state index is 5.00. The minimum absolute atomic E-state index is 0.752. The number of thioether (sulfide) groups is 1. The van der Waals surface area contributed by atoms with Gasteiger partial charge in [-0.1, -0.05) is 28.9 Å². The molecule has 0 spiro atoms. The van der Waals surface area contributed by atoms with Gasteiger partial charge in [0.15, 0.2) is 0 Å². The summed E-state index contributed by atoms with van der Waals surface area (Å²) in [6.07, 6.45) is 1.21. The van der Waals surface area contributed by atoms with E-state index in [9.17, 15) is 0 Å². The van der Waals surface area contributed by atoms with Gasteiger partial charge in [-0.3, -0.25) is 0 Å². The Labute approximate surface area is 117 Å². The zero-order valence-electron chi connectivity index (χ0n) is 10.5. The van der Waals surface area contributed by atoms with Gasteiger partial charge in [0.2, 0.25) is 0 Å². The van der Waals surface area contributed by atoms with Crippen LogP contribution in [-0.4, -0.2) is 26.0 Å². The zero-order valence-corrected chi connectivity index (χ0v) is 12.9. The predicted octanol–water partition coefficient (Wildman–Crippen LogP) is 3.69. The standard InChI is InChI=1S/C13H20BrNOS/c1-3-8-17-12-5-4-11(13(14)9-12)10-15-6-7-16-2/h4-5,9,15H,3,6-8,10H2,1-2H3. The van der Waals surface area contributed by atoms with Crippen molar-refractivity contribution in [1.29, 1.82) is 0 Å². The first-order chi connectivity index (χ1) is 8.27. The maximum absolute atomic E-state index is 5.00. The van der Waals surface area contributed by atoms with Crippen LogP contribution < -0.4 is 5.32 Å². The van der Waals surface area contributed by atoms with Crippen LogP contribution in [0.2, 0.25) is 0 Å². The second-order valence-corrected chi connectivity index (χ2v) is 5.79. The van der Waals surface area contributed by atoms with Gasteiger partial charge in [0.05, 0.1) is 6.61 Å². The number of benzene rings is 1. The van der Waals surface area contributed by atoms with Crippen LogP contribution in [0.3, 0.4) is 0 Å². The monoisotopic (exact) mass is 317 g/mol. The van der Waals surface area contributed by atoms with Crippen molar-refractivity contribution < 1.29 is 4.74 Å². The molecule has 0 saturated carbocycles. The first-order valence-electron chi connectivity index (χ1n) is 5.88. The molecule has 0 radical (unpaired) electrons. The molecule has 96 valence electrons. The number of hydrogen-bond donors (Lipinski definition) is 1. The van der Waals surface area contributed by atoms with Crippen molar-refractivity contribution >= 4 is 27.7 Å². The fourth-order valence-corrected chi connectivity index (χ4v) is 2.85. The molecule has 1 rings (SSSR count). The van der Waals surface area contributed by atoms with E-state index in [4.69, 9.17) is 4.74 Å². The van der Waals surface area contributed by atoms with E-state index < -0.39 is 0 Å². The van der Waals surface area contributed by atoms with Crippen molar-refractivity contribution in [3.05, 3.63) is 28.2 Å². The smallest absolute Gasteiger partial charge is 0.0587 e. The van der Waals surface area contributed by atoms with E-state index in [1.54, 1.807) is 7.11 Å². The second kappa shape index (κ2) is 8.97. The Hall–Kier alpha value is -0.0300. The van der Waals surface area contributed by atoms with Crippen LogP contribution in [-0.2, 0) is 11.3 Å². The highest BCUT2D eigenvalue weighted by atomic mass is 79.9. The van der Waals surface area contributed by atoms with Gasteiger partial charge in [-0.05, 0) is 29.9 Å². The van der Waals surface area contributed by atoms with E-state index in [1.165, 1.54) is 27.1 Å². The van der Waals surface area contributed by atoms with Crippen molar-refractivity contribution in [2.45, 2.75) is 24.8 Å². The molecule has 0 amide bonds. The Kier molecular flexibility index (Phi) is 7.93. The molecule has 17 heavy (non-hydrogen) atoms. The summed E-state index contributed by atoms with van der Waals surface area (Å²) in [6, 6.07) is 6.58. The molecule has 0 heterocycles. The Morgan fingerprint density at radius 1 is 1.41 bits per heavy atom. The average Bonchev–Trinajstić information content (AvgIpc) is 2.34. The molecule has 0 atom stereocenters. The molecule has 0 aliphatic rings. The summed E-state index contributed by atoms with van der Waals surface area (Å²) in [7, 11) is 1.72. The molecule has 4 heteroatoms. The highest BCUT2D eigenvalue weighted by Crippen LogP contribution is 2.25. The lowest BCUT2D eigenvalue weighted by molar-refractivity contribution is 0.199. The average molecular weight is 318 g/mol. The molecular formula is C13H20BrNOS. The summed E-state index contributed by atoms with van der Waals surface area (Å²) in [6.45, 7) is 4.72. The van der Waals surface area contributed by atoms with Crippen molar-refractivity contribution in [1.82, 2.24) is 5.32 Å². The van der Waals surface area contributed by atoms with Gasteiger partial charge in [-0.25, -0.2) is 0 Å². The zero-order chi connectivity index (χ0) is 12.5. The molecule has 0 fully saturated rings. The third-order valence-corrected chi connectivity index (χ3v) is 4.23. The second-order valence-electron chi connectivity index (χ2n) is 3.77. The lowest BCUT2D eigenvalue weighted by atomic mass is 10.2. The minimum atomic E-state index is 0.752. The van der Waals surface area contributed by atoms with E-state index in [0.717, 1.165) is 19.7 Å². The van der Waals surface area contributed by atoms with Crippen LogP contribution in [0.25, 0.3) is 0 Å². The van der Waals surface area contributed by atoms with Crippen LogP contribution in [0.15, 0.2) is 27.6 Å². The fraction of sp³-hybridized carbons (Fsp3) is 0.538. The molecule has 1 aromatic carbocycles. The van der Waals surface area contributed by atoms with Gasteiger partial charge in [0, 0.05) is 29.6 Å². The summed E-state index contributed by atoms with van der Waals surface area (Å²) in [5.41, 5.74) is 1.29. The maximum Gasteiger partial charge on any atom is 0.0587 e. The molecular weight excluding hydrogens is 298 g/mol. The van der Waals surface area contributed by atoms with Gasteiger partial charge in [0.25, 0.3) is 0 Å². The van der Waals surface area contributed by atoms with Crippen molar-refractivity contribution in [2.24, 2.45) is 0 Å². The third kappa shape index (κ3) is 5.91. The first-order valence-corrected chi connectivity index (χ1v) is 7.66. The molecule has 2 nitrogen and oxygen atoms in total. The van der Waals surface area contributed by atoms with Crippen LogP contribution in [0.4, 0.5) is 0 Å². The summed E-state index contributed by atoms with van der Waals surface area (Å²) in [4.78, 5) is 1.33. The summed E-state index contributed by atoms with van der Waals surface area (Å²) >= 11 is 5.53. The lowest BCUT2D eigenvalue weighted by Crippen LogP contribution is -2.18. The molecule has 0 saturated heterocycles. The fourth-order valence-electron chi connectivity index (χ4n) is 1.38. The SMILES string of the molecule is CCCSc1ccc(CNCCOC)c(Br)c1. The quantitative estimate of drug-likeness (QED) is 0.583. The number of hydrogen-bond acceptors (Lipinski definition) is 3. The molecule has 1 aromatic rings. The topological polar surface area (TPSA) is 21.3 Å². The van der Waals surface area contributed by atoms with Gasteiger partial charge >= 0.3 is 0 Å². The van der Waals surface area contributed by atoms with Gasteiger partial charge in [-0.15, -0.1) is 11.8 Å².